The molecule has 0 aliphatic carbocycles. The molecule has 222 valence electrons. The maximum atomic E-state index is 13.1. The van der Waals surface area contributed by atoms with Crippen molar-refractivity contribution in [2.24, 2.45) is 0 Å². The molecule has 0 fully saturated rings. The molecule has 40 heavy (non-hydrogen) atoms. The van der Waals surface area contributed by atoms with Crippen LogP contribution in [0.1, 0.15) is 67.3 Å². The van der Waals surface area contributed by atoms with E-state index in [1.54, 1.807) is 25.1 Å². The summed E-state index contributed by atoms with van der Waals surface area (Å²) in [5.74, 6) is -0.504. The quantitative estimate of drug-likeness (QED) is 0.240. The van der Waals surface area contributed by atoms with E-state index in [9.17, 15) is 41.4 Å². The van der Waals surface area contributed by atoms with E-state index in [4.69, 9.17) is 9.84 Å². The SMILES string of the molecule is CCC(CC)(c1ccc(C=CC(O)(C(F)(F)F)C(F)(F)F)c(C)c1)c1ccc(OC[C@H](O)CCC(=O)O)c(C)c1. The molecule has 2 rings (SSSR count). The third-order valence-corrected chi connectivity index (χ3v) is 7.25. The molecule has 0 saturated carbocycles. The number of aliphatic hydroxyl groups excluding tert-OH is 1. The van der Waals surface area contributed by atoms with Gasteiger partial charge in [-0.05, 0) is 73.1 Å². The van der Waals surface area contributed by atoms with Crippen molar-refractivity contribution in [3.63, 3.8) is 0 Å². The van der Waals surface area contributed by atoms with Crippen molar-refractivity contribution in [1.29, 1.82) is 0 Å². The lowest BCUT2D eigenvalue weighted by molar-refractivity contribution is -0.347. The van der Waals surface area contributed by atoms with E-state index in [1.807, 2.05) is 32.9 Å². The average Bonchev–Trinajstić information content (AvgIpc) is 2.86. The van der Waals surface area contributed by atoms with Crippen LogP contribution in [0.2, 0.25) is 0 Å². The topological polar surface area (TPSA) is 87.0 Å². The number of hydrogen-bond donors (Lipinski definition) is 3. The van der Waals surface area contributed by atoms with E-state index in [2.05, 4.69) is 0 Å². The van der Waals surface area contributed by atoms with Gasteiger partial charge in [0.15, 0.2) is 0 Å². The minimum absolute atomic E-state index is 0.0531. The highest BCUT2D eigenvalue weighted by Gasteiger charge is 2.68. The number of benzene rings is 2. The van der Waals surface area contributed by atoms with Crippen LogP contribution in [-0.2, 0) is 10.2 Å². The second-order valence-corrected chi connectivity index (χ2v) is 9.83. The third kappa shape index (κ3) is 7.17. The van der Waals surface area contributed by atoms with Gasteiger partial charge in [-0.3, -0.25) is 4.79 Å². The predicted octanol–water partition coefficient (Wildman–Crippen LogP) is 6.88. The summed E-state index contributed by atoms with van der Waals surface area (Å²) in [4.78, 5) is 10.7. The number of halogens is 6. The van der Waals surface area contributed by atoms with Gasteiger partial charge in [0.05, 0.1) is 6.10 Å². The predicted molar refractivity (Wildman–Crippen MR) is 138 cm³/mol. The first-order valence-corrected chi connectivity index (χ1v) is 12.7. The van der Waals surface area contributed by atoms with Crippen LogP contribution in [0.4, 0.5) is 26.3 Å². The first kappa shape index (κ1) is 33.2. The Kier molecular flexibility index (Phi) is 10.5. The standard InChI is InChI=1S/C29H34F6O5/c1-5-26(6-2,22-9-11-24(19(4)16-22)40-17-23(36)10-12-25(37)38)21-8-7-20(18(3)15-21)13-14-27(39,28(30,31)32)29(33,34)35/h7-9,11,13-16,23,36,39H,5-6,10,12,17H2,1-4H3,(H,37,38)/t23-/m1/s1. The summed E-state index contributed by atoms with van der Waals surface area (Å²) in [7, 11) is 0. The molecular formula is C29H34F6O5. The Morgan fingerprint density at radius 1 is 0.925 bits per heavy atom. The molecule has 0 aliphatic rings. The Balaban J connectivity index is 2.38. The molecule has 0 bridgehead atoms. The molecule has 0 aliphatic heterocycles. The maximum Gasteiger partial charge on any atom is 0.430 e. The van der Waals surface area contributed by atoms with E-state index in [1.165, 1.54) is 6.07 Å². The van der Waals surface area contributed by atoms with Gasteiger partial charge in [0, 0.05) is 11.8 Å². The number of ether oxygens (including phenoxy) is 1. The lowest BCUT2D eigenvalue weighted by Gasteiger charge is -2.34. The summed E-state index contributed by atoms with van der Waals surface area (Å²) in [6, 6.07) is 10.3. The first-order valence-electron chi connectivity index (χ1n) is 12.7. The largest absolute Gasteiger partial charge is 0.491 e. The van der Waals surface area contributed by atoms with E-state index in [0.717, 1.165) is 16.7 Å². The molecule has 0 unspecified atom stereocenters. The molecule has 2 aromatic rings. The van der Waals surface area contributed by atoms with Crippen LogP contribution >= 0.6 is 0 Å². The monoisotopic (exact) mass is 576 g/mol. The number of carboxylic acid groups (broad SMARTS) is 1. The van der Waals surface area contributed by atoms with Crippen molar-refractivity contribution in [3.05, 3.63) is 70.3 Å². The van der Waals surface area contributed by atoms with Gasteiger partial charge in [0.1, 0.15) is 12.4 Å². The Hall–Kier alpha value is -3.05. The van der Waals surface area contributed by atoms with Crippen LogP contribution in [-0.4, -0.2) is 52.0 Å². The number of aryl methyl sites for hydroxylation is 2. The zero-order valence-electron chi connectivity index (χ0n) is 22.7. The van der Waals surface area contributed by atoms with Gasteiger partial charge < -0.3 is 20.1 Å². The zero-order chi connectivity index (χ0) is 30.5. The van der Waals surface area contributed by atoms with E-state index >= 15 is 0 Å². The number of carboxylic acids is 1. The highest BCUT2D eigenvalue weighted by Crippen LogP contribution is 2.45. The van der Waals surface area contributed by atoms with Crippen molar-refractivity contribution in [2.45, 2.75) is 82.9 Å². The van der Waals surface area contributed by atoms with Gasteiger partial charge in [0.25, 0.3) is 5.60 Å². The molecule has 11 heteroatoms. The molecule has 0 saturated heterocycles. The molecule has 0 aromatic heterocycles. The van der Waals surface area contributed by atoms with Gasteiger partial charge >= 0.3 is 18.3 Å². The third-order valence-electron chi connectivity index (χ3n) is 7.25. The fraction of sp³-hybridized carbons (Fsp3) is 0.483. The molecular weight excluding hydrogens is 542 g/mol. The smallest absolute Gasteiger partial charge is 0.430 e. The van der Waals surface area contributed by atoms with Crippen molar-refractivity contribution < 1.29 is 51.2 Å². The summed E-state index contributed by atoms with van der Waals surface area (Å²) in [6.07, 6.45) is -11.3. The second kappa shape index (κ2) is 12.6. The van der Waals surface area contributed by atoms with Gasteiger partial charge in [-0.1, -0.05) is 50.3 Å². The Labute approximate surface area is 229 Å². The van der Waals surface area contributed by atoms with Crippen molar-refractivity contribution in [3.8, 4) is 5.75 Å². The van der Waals surface area contributed by atoms with Crippen LogP contribution in [0.25, 0.3) is 6.08 Å². The Morgan fingerprint density at radius 2 is 1.45 bits per heavy atom. The minimum Gasteiger partial charge on any atom is -0.491 e. The Morgan fingerprint density at radius 3 is 1.90 bits per heavy atom. The lowest BCUT2D eigenvalue weighted by Crippen LogP contribution is -2.55. The zero-order valence-corrected chi connectivity index (χ0v) is 22.7. The molecule has 0 spiro atoms. The fourth-order valence-electron chi connectivity index (χ4n) is 4.62. The highest BCUT2D eigenvalue weighted by molar-refractivity contribution is 5.66. The summed E-state index contributed by atoms with van der Waals surface area (Å²) in [5.41, 5.74) is -2.49. The molecule has 0 amide bonds. The van der Waals surface area contributed by atoms with E-state index in [0.29, 0.717) is 30.2 Å². The lowest BCUT2D eigenvalue weighted by atomic mass is 9.70. The first-order chi connectivity index (χ1) is 18.4. The van der Waals surface area contributed by atoms with Gasteiger partial charge in [-0.25, -0.2) is 0 Å². The molecule has 0 heterocycles. The fourth-order valence-corrected chi connectivity index (χ4v) is 4.62. The number of rotatable bonds is 12. The Bertz CT molecular complexity index is 1180. The van der Waals surface area contributed by atoms with Gasteiger partial charge in [-0.15, -0.1) is 0 Å². The van der Waals surface area contributed by atoms with Crippen molar-refractivity contribution >= 4 is 12.0 Å². The number of alkyl halides is 6. The summed E-state index contributed by atoms with van der Waals surface area (Å²) in [5, 5.41) is 28.1. The minimum atomic E-state index is -5.94. The van der Waals surface area contributed by atoms with Crippen LogP contribution in [0.15, 0.2) is 42.5 Å². The number of carbonyl (C=O) groups is 1. The average molecular weight is 577 g/mol. The van der Waals surface area contributed by atoms with Crippen LogP contribution in [0, 0.1) is 13.8 Å². The molecule has 0 radical (unpaired) electrons. The maximum absolute atomic E-state index is 13.1. The van der Waals surface area contributed by atoms with E-state index < -0.39 is 35.4 Å². The number of aliphatic carboxylic acids is 1. The van der Waals surface area contributed by atoms with Crippen molar-refractivity contribution in [1.82, 2.24) is 0 Å². The van der Waals surface area contributed by atoms with E-state index in [-0.39, 0.29) is 31.1 Å². The summed E-state index contributed by atoms with van der Waals surface area (Å²) < 4.78 is 84.0. The van der Waals surface area contributed by atoms with Crippen LogP contribution < -0.4 is 4.74 Å². The second-order valence-electron chi connectivity index (χ2n) is 9.83. The highest BCUT2D eigenvalue weighted by atomic mass is 19.4. The van der Waals surface area contributed by atoms with Gasteiger partial charge in [-0.2, -0.15) is 26.3 Å². The van der Waals surface area contributed by atoms with Crippen molar-refractivity contribution in [2.75, 3.05) is 6.61 Å². The van der Waals surface area contributed by atoms with Crippen LogP contribution in [0.5, 0.6) is 5.75 Å². The summed E-state index contributed by atoms with van der Waals surface area (Å²) >= 11 is 0. The van der Waals surface area contributed by atoms with Crippen LogP contribution in [0.3, 0.4) is 0 Å². The molecule has 2 aromatic carbocycles. The summed E-state index contributed by atoms with van der Waals surface area (Å²) in [6.45, 7) is 7.25. The normalized spacial score (nSPS) is 14.0. The molecule has 1 atom stereocenters. The molecule has 5 nitrogen and oxygen atoms in total. The number of hydrogen-bond acceptors (Lipinski definition) is 4. The molecule has 3 N–H and O–H groups in total. The number of aliphatic hydroxyl groups is 2. The van der Waals surface area contributed by atoms with Gasteiger partial charge in [0.2, 0.25) is 0 Å².